The first kappa shape index (κ1) is 11.8. The Balaban J connectivity index is 3.49. The Bertz CT molecular complexity index is 417. The van der Waals surface area contributed by atoms with Crippen LogP contribution in [0.25, 0.3) is 0 Å². The standard InChI is InChI=1S/C8H5ClF3NO2/c1-3-4(8(10,11)12)2-13-6(9)5(3)7(14)15/h2H,1H3,(H,14,15). The maximum absolute atomic E-state index is 12.3. The first-order valence-electron chi connectivity index (χ1n) is 3.70. The largest absolute Gasteiger partial charge is 0.478 e. The fourth-order valence-corrected chi connectivity index (χ4v) is 1.38. The predicted molar refractivity (Wildman–Crippen MR) is 45.9 cm³/mol. The molecule has 1 heterocycles. The lowest BCUT2D eigenvalue weighted by molar-refractivity contribution is -0.138. The molecule has 15 heavy (non-hydrogen) atoms. The summed E-state index contributed by atoms with van der Waals surface area (Å²) in [7, 11) is 0. The number of pyridine rings is 1. The second-order valence-corrected chi connectivity index (χ2v) is 3.12. The van der Waals surface area contributed by atoms with Gasteiger partial charge in [-0.15, -0.1) is 0 Å². The van der Waals surface area contributed by atoms with E-state index in [0.717, 1.165) is 6.92 Å². The van der Waals surface area contributed by atoms with Gasteiger partial charge in [-0.25, -0.2) is 9.78 Å². The van der Waals surface area contributed by atoms with Gasteiger partial charge in [-0.2, -0.15) is 13.2 Å². The molecule has 7 heteroatoms. The zero-order valence-electron chi connectivity index (χ0n) is 7.39. The average Bonchev–Trinajstić information content (AvgIpc) is 2.00. The number of alkyl halides is 3. The van der Waals surface area contributed by atoms with E-state index in [9.17, 15) is 18.0 Å². The van der Waals surface area contributed by atoms with Gasteiger partial charge in [0.1, 0.15) is 10.7 Å². The molecule has 0 unspecified atom stereocenters. The molecule has 0 saturated heterocycles. The van der Waals surface area contributed by atoms with E-state index in [4.69, 9.17) is 16.7 Å². The third-order valence-electron chi connectivity index (χ3n) is 1.81. The number of aromatic nitrogens is 1. The molecular formula is C8H5ClF3NO2. The van der Waals surface area contributed by atoms with E-state index in [2.05, 4.69) is 4.98 Å². The molecule has 0 radical (unpaired) electrons. The minimum atomic E-state index is -4.63. The number of hydrogen-bond donors (Lipinski definition) is 1. The Hall–Kier alpha value is -1.30. The molecule has 0 saturated carbocycles. The molecule has 0 atom stereocenters. The summed E-state index contributed by atoms with van der Waals surface area (Å²) in [6, 6.07) is 0. The van der Waals surface area contributed by atoms with Crippen LogP contribution in [-0.2, 0) is 6.18 Å². The van der Waals surface area contributed by atoms with Gasteiger partial charge in [-0.3, -0.25) is 0 Å². The summed E-state index contributed by atoms with van der Waals surface area (Å²) in [5.74, 6) is -1.53. The van der Waals surface area contributed by atoms with Crippen LogP contribution < -0.4 is 0 Å². The molecule has 1 aromatic heterocycles. The normalized spacial score (nSPS) is 11.5. The lowest BCUT2D eigenvalue weighted by Gasteiger charge is -2.11. The zero-order valence-corrected chi connectivity index (χ0v) is 8.15. The number of carboxylic acid groups (broad SMARTS) is 1. The van der Waals surface area contributed by atoms with Crippen molar-refractivity contribution in [2.24, 2.45) is 0 Å². The molecule has 0 bridgehead atoms. The van der Waals surface area contributed by atoms with Gasteiger partial charge in [-0.05, 0) is 12.5 Å². The fraction of sp³-hybridized carbons (Fsp3) is 0.250. The highest BCUT2D eigenvalue weighted by Gasteiger charge is 2.35. The van der Waals surface area contributed by atoms with Crippen molar-refractivity contribution in [3.05, 3.63) is 28.0 Å². The van der Waals surface area contributed by atoms with Crippen molar-refractivity contribution >= 4 is 17.6 Å². The summed E-state index contributed by atoms with van der Waals surface area (Å²) in [6.07, 6.45) is -4.12. The first-order chi connectivity index (χ1) is 6.75. The van der Waals surface area contributed by atoms with E-state index in [1.165, 1.54) is 0 Å². The SMILES string of the molecule is Cc1c(C(F)(F)F)cnc(Cl)c1C(=O)O. The molecule has 0 spiro atoms. The number of carbonyl (C=O) groups is 1. The van der Waals surface area contributed by atoms with Crippen LogP contribution in [0.3, 0.4) is 0 Å². The topological polar surface area (TPSA) is 50.2 Å². The van der Waals surface area contributed by atoms with Crippen molar-refractivity contribution in [2.75, 3.05) is 0 Å². The number of rotatable bonds is 1. The van der Waals surface area contributed by atoms with Crippen LogP contribution in [0.1, 0.15) is 21.5 Å². The number of carboxylic acids is 1. The van der Waals surface area contributed by atoms with Gasteiger partial charge < -0.3 is 5.11 Å². The summed E-state index contributed by atoms with van der Waals surface area (Å²) in [4.78, 5) is 13.8. The average molecular weight is 240 g/mol. The molecule has 0 aliphatic heterocycles. The molecule has 0 amide bonds. The first-order valence-corrected chi connectivity index (χ1v) is 4.08. The third-order valence-corrected chi connectivity index (χ3v) is 2.10. The highest BCUT2D eigenvalue weighted by molar-refractivity contribution is 6.32. The van der Waals surface area contributed by atoms with Crippen LogP contribution in [0.2, 0.25) is 5.15 Å². The van der Waals surface area contributed by atoms with Gasteiger partial charge in [0.05, 0.1) is 5.56 Å². The van der Waals surface area contributed by atoms with Crippen LogP contribution in [-0.4, -0.2) is 16.1 Å². The predicted octanol–water partition coefficient (Wildman–Crippen LogP) is 2.76. The van der Waals surface area contributed by atoms with E-state index in [1.54, 1.807) is 0 Å². The summed E-state index contributed by atoms with van der Waals surface area (Å²) in [5.41, 5.74) is -2.15. The van der Waals surface area contributed by atoms with Crippen molar-refractivity contribution in [3.8, 4) is 0 Å². The van der Waals surface area contributed by atoms with Crippen molar-refractivity contribution in [2.45, 2.75) is 13.1 Å². The van der Waals surface area contributed by atoms with E-state index < -0.39 is 34.0 Å². The van der Waals surface area contributed by atoms with Gasteiger partial charge >= 0.3 is 12.1 Å². The number of nitrogens with zero attached hydrogens (tertiary/aromatic N) is 1. The maximum atomic E-state index is 12.3. The number of hydrogen-bond acceptors (Lipinski definition) is 2. The zero-order chi connectivity index (χ0) is 11.8. The molecule has 0 aromatic carbocycles. The highest BCUT2D eigenvalue weighted by Crippen LogP contribution is 2.34. The molecule has 1 aromatic rings. The lowest BCUT2D eigenvalue weighted by Crippen LogP contribution is -2.13. The summed E-state index contributed by atoms with van der Waals surface area (Å²) in [6.45, 7) is 1.04. The van der Waals surface area contributed by atoms with Gasteiger partial charge in [0.2, 0.25) is 0 Å². The molecule has 82 valence electrons. The Labute approximate surface area is 87.5 Å². The van der Waals surface area contributed by atoms with Gasteiger partial charge in [0.25, 0.3) is 0 Å². The van der Waals surface area contributed by atoms with Gasteiger partial charge in [0, 0.05) is 6.20 Å². The Morgan fingerprint density at radius 1 is 1.53 bits per heavy atom. The highest BCUT2D eigenvalue weighted by atomic mass is 35.5. The molecule has 0 fully saturated rings. The monoisotopic (exact) mass is 239 g/mol. The van der Waals surface area contributed by atoms with Crippen molar-refractivity contribution < 1.29 is 23.1 Å². The summed E-state index contributed by atoms with van der Waals surface area (Å²) < 4.78 is 37.0. The van der Waals surface area contributed by atoms with Crippen LogP contribution >= 0.6 is 11.6 Å². The second-order valence-electron chi connectivity index (χ2n) is 2.77. The Morgan fingerprint density at radius 3 is 2.47 bits per heavy atom. The van der Waals surface area contributed by atoms with Crippen molar-refractivity contribution in [1.29, 1.82) is 0 Å². The van der Waals surface area contributed by atoms with E-state index in [1.807, 2.05) is 0 Å². The smallest absolute Gasteiger partial charge is 0.418 e. The third kappa shape index (κ3) is 2.20. The minimum Gasteiger partial charge on any atom is -0.478 e. The second kappa shape index (κ2) is 3.69. The molecule has 0 aliphatic rings. The van der Waals surface area contributed by atoms with E-state index in [-0.39, 0.29) is 0 Å². The van der Waals surface area contributed by atoms with Crippen molar-refractivity contribution in [1.82, 2.24) is 4.98 Å². The van der Waals surface area contributed by atoms with Gasteiger partial charge in [-0.1, -0.05) is 11.6 Å². The van der Waals surface area contributed by atoms with E-state index in [0.29, 0.717) is 6.20 Å². The minimum absolute atomic E-state index is 0.435. The molecule has 3 nitrogen and oxygen atoms in total. The van der Waals surface area contributed by atoms with Gasteiger partial charge in [0.15, 0.2) is 0 Å². The molecule has 1 rings (SSSR count). The van der Waals surface area contributed by atoms with Crippen LogP contribution in [0.15, 0.2) is 6.20 Å². The lowest BCUT2D eigenvalue weighted by atomic mass is 10.1. The molecular weight excluding hydrogens is 235 g/mol. The summed E-state index contributed by atoms with van der Waals surface area (Å²) >= 11 is 5.39. The Morgan fingerprint density at radius 2 is 2.07 bits per heavy atom. The van der Waals surface area contributed by atoms with Crippen LogP contribution in [0.4, 0.5) is 13.2 Å². The fourth-order valence-electron chi connectivity index (χ4n) is 1.11. The van der Waals surface area contributed by atoms with E-state index >= 15 is 0 Å². The summed E-state index contributed by atoms with van der Waals surface area (Å²) in [5, 5.41) is 8.19. The van der Waals surface area contributed by atoms with Crippen LogP contribution in [0.5, 0.6) is 0 Å². The molecule has 1 N–H and O–H groups in total. The maximum Gasteiger partial charge on any atom is 0.418 e. The number of aromatic carboxylic acids is 1. The number of halogens is 4. The van der Waals surface area contributed by atoms with Crippen molar-refractivity contribution in [3.63, 3.8) is 0 Å². The van der Waals surface area contributed by atoms with Crippen LogP contribution in [0, 0.1) is 6.92 Å². The molecule has 0 aliphatic carbocycles. The quantitative estimate of drug-likeness (QED) is 0.767. The Kier molecular flexibility index (Phi) is 2.90.